The number of nitrogens with two attached hydrogens (primary N) is 2. The standard InChI is InChI=1S/C10H17N6O12P3/c11-5-7(17)4(1-25-30(21,22)28-31(23,24)27-29(18,19)20)26-10(5)16-3-15-6-8(12)13-2-14-9(6)16/h2-5,7,10,17H,1,11H2,(H,21,22)(H,23,24)(H2,12,13,14)(H2,18,19,20). The van der Waals surface area contributed by atoms with Crippen LogP contribution in [0.25, 0.3) is 11.2 Å². The van der Waals surface area contributed by atoms with Crippen molar-refractivity contribution >= 4 is 40.4 Å². The van der Waals surface area contributed by atoms with E-state index in [0.29, 0.717) is 0 Å². The van der Waals surface area contributed by atoms with Gasteiger partial charge < -0.3 is 40.9 Å². The molecule has 0 spiro atoms. The normalized spacial score (nSPS) is 28.5. The molecule has 3 heterocycles. The third kappa shape index (κ3) is 5.71. The Morgan fingerprint density at radius 3 is 2.42 bits per heavy atom. The fourth-order valence-electron chi connectivity index (χ4n) is 2.68. The summed E-state index contributed by atoms with van der Waals surface area (Å²) in [6.45, 7) is -0.876. The van der Waals surface area contributed by atoms with Gasteiger partial charge in [-0.15, -0.1) is 0 Å². The monoisotopic (exact) mass is 506 g/mol. The number of nitrogen functional groups attached to an aromatic ring is 1. The highest BCUT2D eigenvalue weighted by molar-refractivity contribution is 7.66. The van der Waals surface area contributed by atoms with Crippen molar-refractivity contribution in [3.63, 3.8) is 0 Å². The van der Waals surface area contributed by atoms with Gasteiger partial charge in [-0.05, 0) is 0 Å². The lowest BCUT2D eigenvalue weighted by atomic mass is 10.1. The zero-order valence-corrected chi connectivity index (χ0v) is 17.7. The number of fused-ring (bicyclic) bond motifs is 1. The van der Waals surface area contributed by atoms with Crippen LogP contribution in [0.15, 0.2) is 12.7 Å². The Labute approximate surface area is 172 Å². The lowest BCUT2D eigenvalue weighted by Crippen LogP contribution is -2.40. The summed E-state index contributed by atoms with van der Waals surface area (Å²) < 4.78 is 52.3. The van der Waals surface area contributed by atoms with Gasteiger partial charge in [-0.1, -0.05) is 0 Å². The molecule has 0 saturated carbocycles. The molecule has 6 unspecified atom stereocenters. The predicted molar refractivity (Wildman–Crippen MR) is 97.4 cm³/mol. The smallest absolute Gasteiger partial charge is 0.389 e. The first kappa shape index (κ1) is 24.3. The number of aliphatic hydroxyl groups is 1. The summed E-state index contributed by atoms with van der Waals surface area (Å²) in [5, 5.41) is 10.3. The highest BCUT2D eigenvalue weighted by atomic mass is 31.3. The average Bonchev–Trinajstić information content (AvgIpc) is 3.13. The fourth-order valence-corrected chi connectivity index (χ4v) is 5.71. The molecular weight excluding hydrogens is 489 g/mol. The second-order valence-corrected chi connectivity index (χ2v) is 10.5. The summed E-state index contributed by atoms with van der Waals surface area (Å²) in [5.74, 6) is 0.0834. The molecule has 1 saturated heterocycles. The van der Waals surface area contributed by atoms with Gasteiger partial charge in [0, 0.05) is 0 Å². The van der Waals surface area contributed by atoms with Gasteiger partial charge in [-0.2, -0.15) is 8.62 Å². The first-order valence-electron chi connectivity index (χ1n) is 7.99. The molecule has 0 aromatic carbocycles. The van der Waals surface area contributed by atoms with Crippen LogP contribution in [-0.4, -0.2) is 69.1 Å². The number of nitrogens with zero attached hydrogens (tertiary/aromatic N) is 4. The molecule has 18 nitrogen and oxygen atoms in total. The fraction of sp³-hybridized carbons (Fsp3) is 0.500. The molecule has 9 N–H and O–H groups in total. The highest BCUT2D eigenvalue weighted by Gasteiger charge is 2.46. The maximum Gasteiger partial charge on any atom is 0.490 e. The van der Waals surface area contributed by atoms with Crippen molar-refractivity contribution in [2.75, 3.05) is 12.3 Å². The number of aliphatic hydroxyl groups excluding tert-OH is 1. The van der Waals surface area contributed by atoms with Crippen LogP contribution in [0.5, 0.6) is 0 Å². The van der Waals surface area contributed by atoms with Gasteiger partial charge in [0.25, 0.3) is 0 Å². The summed E-state index contributed by atoms with van der Waals surface area (Å²) in [7, 11) is -16.6. The van der Waals surface area contributed by atoms with E-state index in [1.807, 2.05) is 0 Å². The van der Waals surface area contributed by atoms with Crippen LogP contribution in [0.4, 0.5) is 5.82 Å². The molecule has 21 heteroatoms. The van der Waals surface area contributed by atoms with Crippen LogP contribution in [0.3, 0.4) is 0 Å². The van der Waals surface area contributed by atoms with Crippen molar-refractivity contribution in [1.29, 1.82) is 0 Å². The summed E-state index contributed by atoms with van der Waals surface area (Å²) in [4.78, 5) is 47.5. The maximum atomic E-state index is 11.8. The van der Waals surface area contributed by atoms with Gasteiger partial charge in [0.15, 0.2) is 17.7 Å². The van der Waals surface area contributed by atoms with Gasteiger partial charge in [0.2, 0.25) is 0 Å². The zero-order chi connectivity index (χ0) is 23.2. The second-order valence-electron chi connectivity index (χ2n) is 6.10. The van der Waals surface area contributed by atoms with E-state index in [1.54, 1.807) is 0 Å². The lowest BCUT2D eigenvalue weighted by molar-refractivity contribution is -0.0428. The number of phosphoric acid groups is 3. The van der Waals surface area contributed by atoms with Crippen LogP contribution in [0, 0.1) is 0 Å². The Kier molecular flexibility index (Phi) is 6.68. The zero-order valence-electron chi connectivity index (χ0n) is 15.1. The molecule has 31 heavy (non-hydrogen) atoms. The van der Waals surface area contributed by atoms with Crippen LogP contribution in [0.2, 0.25) is 0 Å². The van der Waals surface area contributed by atoms with Crippen molar-refractivity contribution in [3.05, 3.63) is 12.7 Å². The Bertz CT molecular complexity index is 1110. The minimum absolute atomic E-state index is 0.0834. The molecule has 3 rings (SSSR count). The molecule has 6 atom stereocenters. The van der Waals surface area contributed by atoms with Crippen molar-refractivity contribution in [2.24, 2.45) is 5.73 Å². The number of hydrogen-bond acceptors (Lipinski definition) is 13. The van der Waals surface area contributed by atoms with E-state index in [1.165, 1.54) is 17.2 Å². The minimum atomic E-state index is -5.68. The highest BCUT2D eigenvalue weighted by Crippen LogP contribution is 2.66. The number of aromatic nitrogens is 4. The number of phosphoric ester groups is 1. The van der Waals surface area contributed by atoms with Crippen LogP contribution in [0.1, 0.15) is 6.23 Å². The topological polar surface area (TPSA) is 285 Å². The Morgan fingerprint density at radius 2 is 1.77 bits per heavy atom. The van der Waals surface area contributed by atoms with Crippen molar-refractivity contribution < 1.29 is 56.3 Å². The van der Waals surface area contributed by atoms with Crippen LogP contribution >= 0.6 is 23.5 Å². The molecule has 2 aromatic rings. The van der Waals surface area contributed by atoms with Gasteiger partial charge >= 0.3 is 23.5 Å². The SMILES string of the molecule is Nc1ncnc2c1ncn2C1OC(COP(=O)(O)OP(=O)(O)OP(=O)(O)O)C(O)C1N. The molecule has 174 valence electrons. The number of ether oxygens (including phenoxy) is 1. The molecule has 0 amide bonds. The molecule has 1 aliphatic rings. The largest absolute Gasteiger partial charge is 0.490 e. The van der Waals surface area contributed by atoms with E-state index in [-0.39, 0.29) is 17.0 Å². The van der Waals surface area contributed by atoms with Gasteiger partial charge in [0.1, 0.15) is 24.1 Å². The number of rotatable bonds is 8. The average molecular weight is 506 g/mol. The summed E-state index contributed by atoms with van der Waals surface area (Å²) in [5.41, 5.74) is 12.1. The molecule has 0 aliphatic carbocycles. The summed E-state index contributed by atoms with van der Waals surface area (Å²) in [6.07, 6.45) is -1.41. The number of hydrogen-bond donors (Lipinski definition) is 7. The van der Waals surface area contributed by atoms with Crippen molar-refractivity contribution in [1.82, 2.24) is 19.5 Å². The predicted octanol–water partition coefficient (Wildman–Crippen LogP) is -1.66. The van der Waals surface area contributed by atoms with E-state index < -0.39 is 54.6 Å². The summed E-state index contributed by atoms with van der Waals surface area (Å²) >= 11 is 0. The van der Waals surface area contributed by atoms with Crippen molar-refractivity contribution in [3.8, 4) is 0 Å². The van der Waals surface area contributed by atoms with E-state index in [2.05, 4.69) is 28.1 Å². The Balaban J connectivity index is 1.69. The molecular formula is C10H17N6O12P3. The lowest BCUT2D eigenvalue weighted by Gasteiger charge is -2.19. The van der Waals surface area contributed by atoms with Crippen LogP contribution in [-0.2, 0) is 31.6 Å². The number of imidazole rings is 1. The third-order valence-corrected chi connectivity index (χ3v) is 7.70. The maximum absolute atomic E-state index is 11.8. The first-order valence-corrected chi connectivity index (χ1v) is 12.5. The molecule has 1 fully saturated rings. The quantitative estimate of drug-likeness (QED) is 0.197. The van der Waals surface area contributed by atoms with Crippen LogP contribution < -0.4 is 11.5 Å². The molecule has 2 aromatic heterocycles. The van der Waals surface area contributed by atoms with E-state index in [0.717, 1.165) is 0 Å². The van der Waals surface area contributed by atoms with E-state index in [9.17, 15) is 23.7 Å². The number of anilines is 1. The van der Waals surface area contributed by atoms with E-state index >= 15 is 0 Å². The third-order valence-electron chi connectivity index (χ3n) is 3.90. The van der Waals surface area contributed by atoms with E-state index in [4.69, 9.17) is 30.9 Å². The minimum Gasteiger partial charge on any atom is -0.389 e. The second kappa shape index (κ2) is 8.53. The first-order chi connectivity index (χ1) is 14.2. The molecule has 1 aliphatic heterocycles. The molecule has 0 radical (unpaired) electrons. The Morgan fingerprint density at radius 1 is 1.10 bits per heavy atom. The van der Waals surface area contributed by atoms with Gasteiger partial charge in [-0.25, -0.2) is 28.6 Å². The van der Waals surface area contributed by atoms with Crippen molar-refractivity contribution in [2.45, 2.75) is 24.5 Å². The van der Waals surface area contributed by atoms with Gasteiger partial charge in [0.05, 0.1) is 19.0 Å². The Hall–Kier alpha value is -1.36. The van der Waals surface area contributed by atoms with Gasteiger partial charge in [-0.3, -0.25) is 9.09 Å². The summed E-state index contributed by atoms with van der Waals surface area (Å²) in [6, 6.07) is -1.09. The molecule has 0 bridgehead atoms.